The van der Waals surface area contributed by atoms with E-state index in [0.717, 1.165) is 64.2 Å². The quantitative estimate of drug-likeness (QED) is 0.0324. The Morgan fingerprint density at radius 2 is 0.930 bits per heavy atom. The molecule has 0 aromatic heterocycles. The summed E-state index contributed by atoms with van der Waals surface area (Å²) >= 11 is 0. The minimum atomic E-state index is -0.810. The molecular weight excluding hydrogens is 707 g/mol. The number of amides is 1. The molecule has 3 unspecified atom stereocenters. The van der Waals surface area contributed by atoms with Crippen LogP contribution in [-0.2, 0) is 14.3 Å². The number of unbranched alkanes of at least 4 members (excludes halogenated alkanes) is 25. The molecule has 0 aliphatic carbocycles. The van der Waals surface area contributed by atoms with Crippen LogP contribution in [0, 0.1) is 0 Å². The normalized spacial score (nSPS) is 13.7. The Hall–Kier alpha value is -2.18. The van der Waals surface area contributed by atoms with Crippen molar-refractivity contribution in [1.29, 1.82) is 0 Å². The van der Waals surface area contributed by atoms with Gasteiger partial charge in [0.05, 0.1) is 25.2 Å². The fraction of sp³-hybridized carbons (Fsp3) is 0.804. The molecule has 6 heteroatoms. The van der Waals surface area contributed by atoms with E-state index in [1.807, 2.05) is 12.2 Å². The summed E-state index contributed by atoms with van der Waals surface area (Å²) in [7, 11) is 0. The van der Waals surface area contributed by atoms with Gasteiger partial charge < -0.3 is 20.3 Å². The predicted octanol–water partition coefficient (Wildman–Crippen LogP) is 14.3. The summed E-state index contributed by atoms with van der Waals surface area (Å²) < 4.78 is 5.81. The summed E-state index contributed by atoms with van der Waals surface area (Å²) in [6, 6.07) is -0.731. The van der Waals surface area contributed by atoms with E-state index < -0.39 is 18.2 Å². The molecule has 3 atom stereocenters. The molecule has 332 valence electrons. The first kappa shape index (κ1) is 54.8. The van der Waals surface area contributed by atoms with Crippen LogP contribution in [0.2, 0.25) is 0 Å². The summed E-state index contributed by atoms with van der Waals surface area (Å²) in [4.78, 5) is 26.0. The third kappa shape index (κ3) is 40.4. The fourth-order valence-corrected chi connectivity index (χ4v) is 7.13. The van der Waals surface area contributed by atoms with Crippen molar-refractivity contribution in [3.8, 4) is 0 Å². The maximum absolute atomic E-state index is 13.1. The van der Waals surface area contributed by atoms with Crippen molar-refractivity contribution >= 4 is 11.9 Å². The van der Waals surface area contributed by atoms with E-state index in [4.69, 9.17) is 4.74 Å². The first-order chi connectivity index (χ1) is 28.0. The molecule has 0 rings (SSSR count). The zero-order valence-electron chi connectivity index (χ0n) is 37.7. The molecule has 0 saturated carbocycles. The molecule has 6 nitrogen and oxygen atoms in total. The number of hydrogen-bond acceptors (Lipinski definition) is 5. The van der Waals surface area contributed by atoms with Crippen LogP contribution < -0.4 is 5.32 Å². The largest absolute Gasteiger partial charge is 0.458 e. The molecule has 0 bridgehead atoms. The van der Waals surface area contributed by atoms with Gasteiger partial charge in [-0.2, -0.15) is 0 Å². The van der Waals surface area contributed by atoms with Crippen molar-refractivity contribution in [3.05, 3.63) is 48.6 Å². The highest BCUT2D eigenvalue weighted by Gasteiger charge is 2.23. The smallest absolute Gasteiger partial charge is 0.306 e. The molecule has 0 aromatic carbocycles. The van der Waals surface area contributed by atoms with Crippen molar-refractivity contribution in [2.24, 2.45) is 0 Å². The predicted molar refractivity (Wildman–Crippen MR) is 245 cm³/mol. The van der Waals surface area contributed by atoms with Crippen molar-refractivity contribution in [3.63, 3.8) is 0 Å². The van der Waals surface area contributed by atoms with Crippen LogP contribution >= 0.6 is 0 Å². The lowest BCUT2D eigenvalue weighted by Gasteiger charge is -2.23. The lowest BCUT2D eigenvalue weighted by Crippen LogP contribution is -2.46. The van der Waals surface area contributed by atoms with Crippen LogP contribution in [0.5, 0.6) is 0 Å². The van der Waals surface area contributed by atoms with Crippen LogP contribution in [0.15, 0.2) is 48.6 Å². The van der Waals surface area contributed by atoms with Gasteiger partial charge in [0.2, 0.25) is 5.91 Å². The Morgan fingerprint density at radius 3 is 1.42 bits per heavy atom. The highest BCUT2D eigenvalue weighted by atomic mass is 16.5. The van der Waals surface area contributed by atoms with Crippen LogP contribution in [0.4, 0.5) is 0 Å². The van der Waals surface area contributed by atoms with E-state index >= 15 is 0 Å². The molecule has 57 heavy (non-hydrogen) atoms. The highest BCUT2D eigenvalue weighted by Crippen LogP contribution is 2.15. The van der Waals surface area contributed by atoms with Crippen molar-refractivity contribution in [2.45, 2.75) is 257 Å². The first-order valence-electron chi connectivity index (χ1n) is 24.4. The topological polar surface area (TPSA) is 95.9 Å². The lowest BCUT2D eigenvalue weighted by atomic mass is 10.0. The third-order valence-corrected chi connectivity index (χ3v) is 10.9. The highest BCUT2D eigenvalue weighted by molar-refractivity contribution is 5.78. The van der Waals surface area contributed by atoms with Gasteiger partial charge in [0, 0.05) is 6.42 Å². The number of hydrogen-bond donors (Lipinski definition) is 3. The van der Waals surface area contributed by atoms with Gasteiger partial charge in [0.1, 0.15) is 6.10 Å². The van der Waals surface area contributed by atoms with Crippen LogP contribution in [0.1, 0.15) is 239 Å². The molecule has 0 saturated heterocycles. The average Bonchev–Trinajstić information content (AvgIpc) is 3.20. The Kier molecular flexibility index (Phi) is 43.2. The maximum atomic E-state index is 13.1. The molecule has 1 amide bonds. The number of allylic oxidation sites excluding steroid dienone is 7. The van der Waals surface area contributed by atoms with E-state index in [2.05, 4.69) is 62.5 Å². The lowest BCUT2D eigenvalue weighted by molar-refractivity contribution is -0.148. The Bertz CT molecular complexity index is 988. The summed E-state index contributed by atoms with van der Waals surface area (Å²) in [5.41, 5.74) is 0. The number of aliphatic hydroxyl groups excluding tert-OH is 2. The van der Waals surface area contributed by atoms with E-state index in [1.54, 1.807) is 0 Å². The Morgan fingerprint density at radius 1 is 0.526 bits per heavy atom. The van der Waals surface area contributed by atoms with Crippen LogP contribution in [0.3, 0.4) is 0 Å². The van der Waals surface area contributed by atoms with Crippen molar-refractivity contribution in [2.75, 3.05) is 6.61 Å². The number of esters is 1. The molecule has 0 aliphatic rings. The monoisotopic (exact) mass is 800 g/mol. The number of aliphatic hydroxyl groups is 2. The van der Waals surface area contributed by atoms with Gasteiger partial charge in [-0.25, -0.2) is 0 Å². The molecule has 3 N–H and O–H groups in total. The van der Waals surface area contributed by atoms with Gasteiger partial charge in [0.15, 0.2) is 0 Å². The van der Waals surface area contributed by atoms with Gasteiger partial charge >= 0.3 is 5.97 Å². The molecule has 0 radical (unpaired) electrons. The molecule has 0 aromatic rings. The van der Waals surface area contributed by atoms with Gasteiger partial charge in [-0.05, 0) is 70.3 Å². The molecule has 0 spiro atoms. The van der Waals surface area contributed by atoms with Crippen LogP contribution in [-0.4, -0.2) is 46.9 Å². The maximum Gasteiger partial charge on any atom is 0.306 e. The summed E-state index contributed by atoms with van der Waals surface area (Å²) in [5, 5.41) is 23.6. The number of carbonyl (C=O) groups is 2. The van der Waals surface area contributed by atoms with Crippen molar-refractivity contribution in [1.82, 2.24) is 5.32 Å². The second-order valence-corrected chi connectivity index (χ2v) is 16.5. The van der Waals surface area contributed by atoms with Gasteiger partial charge in [0.25, 0.3) is 0 Å². The second-order valence-electron chi connectivity index (χ2n) is 16.5. The summed E-state index contributed by atoms with van der Waals surface area (Å²) in [6.45, 7) is 6.40. The van der Waals surface area contributed by atoms with E-state index in [9.17, 15) is 19.8 Å². The fourth-order valence-electron chi connectivity index (χ4n) is 7.13. The summed E-state index contributed by atoms with van der Waals surface area (Å²) in [5.74, 6) is -0.610. The van der Waals surface area contributed by atoms with Crippen LogP contribution in [0.25, 0.3) is 0 Å². The number of carbonyl (C=O) groups excluding carboxylic acids is 2. The van der Waals surface area contributed by atoms with E-state index in [1.165, 1.54) is 135 Å². The average molecular weight is 800 g/mol. The van der Waals surface area contributed by atoms with E-state index in [0.29, 0.717) is 12.8 Å². The minimum Gasteiger partial charge on any atom is -0.458 e. The molecule has 0 aliphatic heterocycles. The molecule has 0 heterocycles. The van der Waals surface area contributed by atoms with Gasteiger partial charge in [-0.3, -0.25) is 9.59 Å². The number of nitrogens with one attached hydrogen (secondary N) is 1. The van der Waals surface area contributed by atoms with Gasteiger partial charge in [-0.1, -0.05) is 205 Å². The van der Waals surface area contributed by atoms with Gasteiger partial charge in [-0.15, -0.1) is 0 Å². The standard InChI is InChI=1S/C51H93NO5/c1-4-7-10-13-16-19-22-23-24-25-26-27-29-32-35-38-41-44-51(56)57-47(42-39-36-33-30-28-20-17-14-11-8-5-2)45-50(55)52-48(46-53)49(54)43-40-37-34-31-21-18-15-12-9-6-3/h16,19,23-24,30,33,39,42,47-49,53-54H,4-15,17-18,20-22,25-29,31-32,34-38,40-41,43-46H2,1-3H3,(H,52,55)/b19-16-,24-23-,33-30-,42-39+. The number of rotatable bonds is 43. The Labute approximate surface area is 353 Å². The third-order valence-electron chi connectivity index (χ3n) is 10.9. The second kappa shape index (κ2) is 44.9. The molecular formula is C51H93NO5. The summed E-state index contributed by atoms with van der Waals surface area (Å²) in [6.07, 6.45) is 53.4. The minimum absolute atomic E-state index is 0.0316. The van der Waals surface area contributed by atoms with E-state index in [-0.39, 0.29) is 24.9 Å². The Balaban J connectivity index is 4.62. The first-order valence-corrected chi connectivity index (χ1v) is 24.4. The molecule has 0 fully saturated rings. The zero-order valence-corrected chi connectivity index (χ0v) is 37.7. The van der Waals surface area contributed by atoms with Crippen molar-refractivity contribution < 1.29 is 24.5 Å². The number of ether oxygens (including phenoxy) is 1. The SMILES string of the molecule is CCCCC/C=C\C/C=C\CCCCCCCCCC(=O)OC(/C=C/C/C=C\CCCCCCCC)CC(=O)NC(CO)C(O)CCCCCCCCCCCC. The zero-order chi connectivity index (χ0) is 41.7.